The molecule has 6 heteroatoms. The molecule has 3 nitrogen and oxygen atoms in total. The van der Waals surface area contributed by atoms with Crippen molar-refractivity contribution >= 4 is 34.9 Å². The number of hydrogen-bond acceptors (Lipinski definition) is 2. The van der Waals surface area contributed by atoms with Gasteiger partial charge >= 0.3 is 0 Å². The highest BCUT2D eigenvalue weighted by Crippen LogP contribution is 2.27. The van der Waals surface area contributed by atoms with Crippen molar-refractivity contribution in [3.63, 3.8) is 0 Å². The fourth-order valence-corrected chi connectivity index (χ4v) is 2.63. The standard InChI is InChI=1S/C14H10ClFN2OS/c1-19-13-7-12-11(6-10(13)16)17-14(20)18(12)9-4-2-3-8(15)5-9/h2-7H,1H3,(H,17,20). The minimum atomic E-state index is -0.436. The first kappa shape index (κ1) is 13.1. The molecule has 0 bridgehead atoms. The van der Waals surface area contributed by atoms with Crippen LogP contribution in [0.1, 0.15) is 0 Å². The molecular formula is C14H10ClFN2OS. The first-order valence-electron chi connectivity index (χ1n) is 5.84. The van der Waals surface area contributed by atoms with Gasteiger partial charge in [0.15, 0.2) is 16.3 Å². The maximum Gasteiger partial charge on any atom is 0.182 e. The summed E-state index contributed by atoms with van der Waals surface area (Å²) in [4.78, 5) is 2.98. The van der Waals surface area contributed by atoms with Gasteiger partial charge in [0, 0.05) is 22.8 Å². The fourth-order valence-electron chi connectivity index (χ4n) is 2.14. The summed E-state index contributed by atoms with van der Waals surface area (Å²) in [6.07, 6.45) is 0. The number of aromatic amines is 1. The number of hydrogen-bond donors (Lipinski definition) is 1. The molecule has 0 aliphatic carbocycles. The van der Waals surface area contributed by atoms with Gasteiger partial charge in [-0.3, -0.25) is 4.57 Å². The van der Waals surface area contributed by atoms with Crippen LogP contribution in [0.3, 0.4) is 0 Å². The number of fused-ring (bicyclic) bond motifs is 1. The second-order valence-electron chi connectivity index (χ2n) is 4.25. The van der Waals surface area contributed by atoms with Crippen molar-refractivity contribution in [2.45, 2.75) is 0 Å². The summed E-state index contributed by atoms with van der Waals surface area (Å²) >= 11 is 11.3. The van der Waals surface area contributed by atoms with Crippen LogP contribution in [0.5, 0.6) is 5.75 Å². The van der Waals surface area contributed by atoms with E-state index < -0.39 is 5.82 Å². The Bertz CT molecular complexity index is 856. The SMILES string of the molecule is COc1cc2c(cc1F)[nH]c(=S)n2-c1cccc(Cl)c1. The van der Waals surface area contributed by atoms with Gasteiger partial charge in [0.1, 0.15) is 0 Å². The molecule has 2 aromatic carbocycles. The van der Waals surface area contributed by atoms with Crippen LogP contribution < -0.4 is 4.74 Å². The number of benzene rings is 2. The van der Waals surface area contributed by atoms with Crippen LogP contribution in [0.2, 0.25) is 5.02 Å². The number of nitrogens with one attached hydrogen (secondary N) is 1. The minimum Gasteiger partial charge on any atom is -0.494 e. The Kier molecular flexibility index (Phi) is 3.23. The van der Waals surface area contributed by atoms with E-state index >= 15 is 0 Å². The van der Waals surface area contributed by atoms with Crippen molar-refractivity contribution in [3.05, 3.63) is 52.0 Å². The predicted molar refractivity (Wildman–Crippen MR) is 80.0 cm³/mol. The van der Waals surface area contributed by atoms with E-state index in [0.29, 0.717) is 15.3 Å². The number of H-pyrrole nitrogens is 1. The Morgan fingerprint density at radius 2 is 2.10 bits per heavy atom. The molecule has 3 rings (SSSR count). The minimum absolute atomic E-state index is 0.169. The van der Waals surface area contributed by atoms with Crippen LogP contribution in [0.4, 0.5) is 4.39 Å². The van der Waals surface area contributed by atoms with Crippen LogP contribution in [0.15, 0.2) is 36.4 Å². The summed E-state index contributed by atoms with van der Waals surface area (Å²) in [5, 5.41) is 0.604. The molecule has 3 aromatic rings. The molecule has 0 saturated heterocycles. The first-order chi connectivity index (χ1) is 9.60. The number of aromatic nitrogens is 2. The van der Waals surface area contributed by atoms with E-state index in [9.17, 15) is 4.39 Å². The fraction of sp³-hybridized carbons (Fsp3) is 0.0714. The Morgan fingerprint density at radius 3 is 2.80 bits per heavy atom. The molecule has 0 spiro atoms. The maximum absolute atomic E-state index is 13.7. The first-order valence-corrected chi connectivity index (χ1v) is 6.63. The molecule has 0 saturated carbocycles. The molecule has 0 aliphatic rings. The van der Waals surface area contributed by atoms with Crippen LogP contribution >= 0.6 is 23.8 Å². The topological polar surface area (TPSA) is 29.9 Å². The average molecular weight is 309 g/mol. The summed E-state index contributed by atoms with van der Waals surface area (Å²) in [5.41, 5.74) is 2.14. The number of nitrogens with zero attached hydrogens (tertiary/aromatic N) is 1. The van der Waals surface area contributed by atoms with Crippen LogP contribution in [0.25, 0.3) is 16.7 Å². The predicted octanol–water partition coefficient (Wildman–Crippen LogP) is 4.49. The van der Waals surface area contributed by atoms with Gasteiger partial charge in [-0.15, -0.1) is 0 Å². The number of methoxy groups -OCH3 is 1. The van der Waals surface area contributed by atoms with Crippen molar-refractivity contribution in [3.8, 4) is 11.4 Å². The number of rotatable bonds is 2. The Morgan fingerprint density at radius 1 is 1.30 bits per heavy atom. The molecule has 0 aliphatic heterocycles. The normalized spacial score (nSPS) is 10.9. The molecule has 1 heterocycles. The second-order valence-corrected chi connectivity index (χ2v) is 5.07. The van der Waals surface area contributed by atoms with Crippen molar-refractivity contribution < 1.29 is 9.13 Å². The van der Waals surface area contributed by atoms with Gasteiger partial charge in [-0.05, 0) is 30.4 Å². The van der Waals surface area contributed by atoms with E-state index in [1.165, 1.54) is 13.2 Å². The van der Waals surface area contributed by atoms with Crippen molar-refractivity contribution in [2.75, 3.05) is 7.11 Å². The zero-order chi connectivity index (χ0) is 14.3. The van der Waals surface area contributed by atoms with E-state index in [0.717, 1.165) is 11.2 Å². The van der Waals surface area contributed by atoms with E-state index in [1.54, 1.807) is 22.8 Å². The van der Waals surface area contributed by atoms with Gasteiger partial charge < -0.3 is 9.72 Å². The Labute approximate surface area is 124 Å². The van der Waals surface area contributed by atoms with Gasteiger partial charge in [0.25, 0.3) is 0 Å². The molecule has 0 fully saturated rings. The highest BCUT2D eigenvalue weighted by molar-refractivity contribution is 7.71. The van der Waals surface area contributed by atoms with E-state index in [2.05, 4.69) is 4.98 Å². The van der Waals surface area contributed by atoms with Crippen LogP contribution in [-0.4, -0.2) is 16.7 Å². The van der Waals surface area contributed by atoms with Crippen molar-refractivity contribution in [1.82, 2.24) is 9.55 Å². The molecular weight excluding hydrogens is 299 g/mol. The second kappa shape index (κ2) is 4.92. The molecule has 1 N–H and O–H groups in total. The lowest BCUT2D eigenvalue weighted by atomic mass is 10.2. The van der Waals surface area contributed by atoms with Gasteiger partial charge in [0.05, 0.1) is 18.1 Å². The molecule has 0 radical (unpaired) electrons. The maximum atomic E-state index is 13.7. The van der Waals surface area contributed by atoms with Gasteiger partial charge in [0.2, 0.25) is 0 Å². The summed E-state index contributed by atoms with van der Waals surface area (Å²) < 4.78 is 21.0. The lowest BCUT2D eigenvalue weighted by molar-refractivity contribution is 0.387. The summed E-state index contributed by atoms with van der Waals surface area (Å²) in [6, 6.07) is 10.3. The van der Waals surface area contributed by atoms with Gasteiger partial charge in [-0.2, -0.15) is 0 Å². The summed E-state index contributed by atoms with van der Waals surface area (Å²) in [7, 11) is 1.43. The quantitative estimate of drug-likeness (QED) is 0.707. The molecule has 1 aromatic heterocycles. The monoisotopic (exact) mass is 308 g/mol. The lowest BCUT2D eigenvalue weighted by Gasteiger charge is -2.07. The van der Waals surface area contributed by atoms with Crippen molar-refractivity contribution in [1.29, 1.82) is 0 Å². The smallest absolute Gasteiger partial charge is 0.182 e. The third-order valence-electron chi connectivity index (χ3n) is 3.02. The Balaban J connectivity index is 2.35. The zero-order valence-electron chi connectivity index (χ0n) is 10.5. The number of halogens is 2. The molecule has 0 unspecified atom stereocenters. The third kappa shape index (κ3) is 2.09. The number of ether oxygens (including phenoxy) is 1. The highest BCUT2D eigenvalue weighted by atomic mass is 35.5. The molecule has 20 heavy (non-hydrogen) atoms. The van der Waals surface area contributed by atoms with Crippen LogP contribution in [-0.2, 0) is 0 Å². The van der Waals surface area contributed by atoms with Gasteiger partial charge in [-0.25, -0.2) is 4.39 Å². The van der Waals surface area contributed by atoms with E-state index in [1.807, 2.05) is 12.1 Å². The molecule has 0 atom stereocenters. The van der Waals surface area contributed by atoms with E-state index in [4.69, 9.17) is 28.6 Å². The van der Waals surface area contributed by atoms with Crippen molar-refractivity contribution in [2.24, 2.45) is 0 Å². The third-order valence-corrected chi connectivity index (χ3v) is 3.54. The highest BCUT2D eigenvalue weighted by Gasteiger charge is 2.12. The van der Waals surface area contributed by atoms with Crippen LogP contribution in [0, 0.1) is 10.6 Å². The van der Waals surface area contributed by atoms with E-state index in [-0.39, 0.29) is 5.75 Å². The Hall–Kier alpha value is -1.85. The number of imidazole rings is 1. The summed E-state index contributed by atoms with van der Waals surface area (Å²) in [5.74, 6) is -0.267. The molecule has 0 amide bonds. The zero-order valence-corrected chi connectivity index (χ0v) is 12.1. The van der Waals surface area contributed by atoms with Gasteiger partial charge in [-0.1, -0.05) is 17.7 Å². The lowest BCUT2D eigenvalue weighted by Crippen LogP contribution is -1.95. The summed E-state index contributed by atoms with van der Waals surface area (Å²) in [6.45, 7) is 0. The average Bonchev–Trinajstić information content (AvgIpc) is 2.72. The largest absolute Gasteiger partial charge is 0.494 e. The molecule has 102 valence electrons.